The Morgan fingerprint density at radius 2 is 1.89 bits per heavy atom. The maximum atomic E-state index is 13.1. The van der Waals surface area contributed by atoms with Crippen molar-refractivity contribution in [3.05, 3.63) is 87.5 Å². The number of tetrazole rings is 1. The minimum Gasteiger partial charge on any atom is -0.465 e. The summed E-state index contributed by atoms with van der Waals surface area (Å²) in [5.41, 5.74) is 3.53. The maximum Gasteiger partial charge on any atom is 0.327 e. The van der Waals surface area contributed by atoms with Crippen LogP contribution in [0.15, 0.2) is 59.4 Å². The molecule has 0 spiro atoms. The molecule has 2 aromatic heterocycles. The second-order valence-corrected chi connectivity index (χ2v) is 9.29. The molecule has 9 heteroatoms. The van der Waals surface area contributed by atoms with Crippen molar-refractivity contribution < 1.29 is 9.53 Å². The number of hydrogen-bond donors (Lipinski definition) is 1. The number of ether oxygens (including phenoxy) is 1. The predicted octanol–water partition coefficient (Wildman–Crippen LogP) is 3.79. The minimum absolute atomic E-state index is 0.0749. The van der Waals surface area contributed by atoms with Crippen LogP contribution in [0.3, 0.4) is 0 Å². The van der Waals surface area contributed by atoms with E-state index in [1.807, 2.05) is 49.4 Å². The Morgan fingerprint density at radius 1 is 1.11 bits per heavy atom. The zero-order valence-electron chi connectivity index (χ0n) is 21.1. The molecule has 0 saturated carbocycles. The van der Waals surface area contributed by atoms with E-state index < -0.39 is 5.97 Å². The van der Waals surface area contributed by atoms with Crippen LogP contribution in [0, 0.1) is 12.8 Å². The number of aryl methyl sites for hydroxylation is 1. The molecule has 4 aromatic rings. The normalized spacial score (nSPS) is 12.4. The first-order valence-corrected chi connectivity index (χ1v) is 12.2. The van der Waals surface area contributed by atoms with Crippen molar-refractivity contribution >= 4 is 16.9 Å². The zero-order valence-corrected chi connectivity index (χ0v) is 21.1. The van der Waals surface area contributed by atoms with E-state index in [1.165, 1.54) is 4.68 Å². The zero-order chi connectivity index (χ0) is 25.7. The average Bonchev–Trinajstić information content (AvgIpc) is 3.27. The third kappa shape index (κ3) is 5.85. The number of hydrogen-bond acceptors (Lipinski definition) is 7. The number of benzene rings is 2. The summed E-state index contributed by atoms with van der Waals surface area (Å²) in [6, 6.07) is 17.8. The van der Waals surface area contributed by atoms with Crippen LogP contribution in [0.2, 0.25) is 0 Å². The van der Waals surface area contributed by atoms with Crippen LogP contribution in [0.1, 0.15) is 49.3 Å². The highest BCUT2D eigenvalue weighted by atomic mass is 16.5. The van der Waals surface area contributed by atoms with E-state index in [9.17, 15) is 9.59 Å². The van der Waals surface area contributed by atoms with Gasteiger partial charge in [-0.05, 0) is 58.8 Å². The summed E-state index contributed by atoms with van der Waals surface area (Å²) < 4.78 is 6.61. The number of nitrogens with zero attached hydrogens (tertiary/aromatic N) is 5. The van der Waals surface area contributed by atoms with Crippen molar-refractivity contribution in [3.8, 4) is 0 Å². The lowest BCUT2D eigenvalue weighted by atomic mass is 9.99. The van der Waals surface area contributed by atoms with Gasteiger partial charge in [0.2, 0.25) is 0 Å². The van der Waals surface area contributed by atoms with Gasteiger partial charge in [0, 0.05) is 24.2 Å². The number of fused-ring (bicyclic) bond motifs is 1. The Balaban J connectivity index is 1.74. The third-order valence-corrected chi connectivity index (χ3v) is 6.11. The van der Waals surface area contributed by atoms with Crippen molar-refractivity contribution in [2.24, 2.45) is 5.92 Å². The Labute approximate surface area is 210 Å². The van der Waals surface area contributed by atoms with E-state index in [4.69, 9.17) is 4.74 Å². The van der Waals surface area contributed by atoms with Gasteiger partial charge in [0.1, 0.15) is 6.54 Å². The summed E-state index contributed by atoms with van der Waals surface area (Å²) in [7, 11) is 0. The Morgan fingerprint density at radius 3 is 2.61 bits per heavy atom. The van der Waals surface area contributed by atoms with E-state index in [0.29, 0.717) is 24.5 Å². The molecule has 0 unspecified atom stereocenters. The molecule has 2 aromatic carbocycles. The second kappa shape index (κ2) is 11.3. The summed E-state index contributed by atoms with van der Waals surface area (Å²) in [4.78, 5) is 30.5. The molecule has 9 nitrogen and oxygen atoms in total. The molecule has 0 radical (unpaired) electrons. The van der Waals surface area contributed by atoms with Crippen molar-refractivity contribution in [2.45, 2.75) is 53.4 Å². The van der Waals surface area contributed by atoms with Crippen molar-refractivity contribution in [3.63, 3.8) is 0 Å². The van der Waals surface area contributed by atoms with Gasteiger partial charge in [-0.25, -0.2) is 4.68 Å². The van der Waals surface area contributed by atoms with Gasteiger partial charge in [-0.15, -0.1) is 5.10 Å². The smallest absolute Gasteiger partial charge is 0.327 e. The molecule has 0 aliphatic heterocycles. The number of H-pyrrole nitrogens is 1. The van der Waals surface area contributed by atoms with Crippen LogP contribution >= 0.6 is 0 Å². The second-order valence-electron chi connectivity index (χ2n) is 9.29. The molecule has 2 heterocycles. The Kier molecular flexibility index (Phi) is 7.90. The van der Waals surface area contributed by atoms with Crippen LogP contribution in [-0.4, -0.2) is 42.7 Å². The molecule has 1 N–H and O–H groups in total. The summed E-state index contributed by atoms with van der Waals surface area (Å²) in [5, 5.41) is 13.2. The first kappa shape index (κ1) is 25.2. The number of rotatable bonds is 10. The molecule has 4 rings (SSSR count). The Hall–Kier alpha value is -3.85. The minimum atomic E-state index is -0.399. The average molecular weight is 489 g/mol. The SMILES string of the molecule is CCOC(=O)Cn1nnnc1[C@@H](C(C)C)N(Cc1ccccc1)Cc1cc2ccc(C)cc2[nH]c1=O. The molecule has 0 fully saturated rings. The molecule has 36 heavy (non-hydrogen) atoms. The monoisotopic (exact) mass is 488 g/mol. The first-order valence-electron chi connectivity index (χ1n) is 12.2. The lowest BCUT2D eigenvalue weighted by Gasteiger charge is -2.33. The van der Waals surface area contributed by atoms with Gasteiger partial charge >= 0.3 is 5.97 Å². The molecule has 188 valence electrons. The first-order chi connectivity index (χ1) is 17.4. The Bertz CT molecular complexity index is 1380. The number of esters is 1. The highest BCUT2D eigenvalue weighted by molar-refractivity contribution is 5.79. The molecule has 1 atom stereocenters. The molecule has 0 bridgehead atoms. The number of nitrogens with one attached hydrogen (secondary N) is 1. The van der Waals surface area contributed by atoms with Crippen LogP contribution in [0.4, 0.5) is 0 Å². The maximum absolute atomic E-state index is 13.1. The quantitative estimate of drug-likeness (QED) is 0.339. The van der Waals surface area contributed by atoms with Gasteiger partial charge < -0.3 is 9.72 Å². The lowest BCUT2D eigenvalue weighted by Crippen LogP contribution is -2.35. The van der Waals surface area contributed by atoms with Gasteiger partial charge in [0.05, 0.1) is 12.6 Å². The largest absolute Gasteiger partial charge is 0.465 e. The summed E-state index contributed by atoms with van der Waals surface area (Å²) in [5.74, 6) is 0.245. The van der Waals surface area contributed by atoms with E-state index in [0.717, 1.165) is 22.0 Å². The summed E-state index contributed by atoms with van der Waals surface area (Å²) in [6.45, 7) is 9.09. The van der Waals surface area contributed by atoms with Crippen molar-refractivity contribution in [1.29, 1.82) is 0 Å². The number of pyridine rings is 1. The summed E-state index contributed by atoms with van der Waals surface area (Å²) in [6.07, 6.45) is 0. The molecule has 0 aliphatic rings. The molecule has 0 aliphatic carbocycles. The topological polar surface area (TPSA) is 106 Å². The van der Waals surface area contributed by atoms with Crippen molar-refractivity contribution in [1.82, 2.24) is 30.1 Å². The predicted molar refractivity (Wildman–Crippen MR) is 137 cm³/mol. The standard InChI is InChI=1S/C27H32N6O3/c1-5-36-24(34)17-33-26(29-30-31-33)25(18(2)3)32(15-20-9-7-6-8-10-20)16-22-14-21-12-11-19(4)13-23(21)28-27(22)35/h6-14,18,25H,5,15-17H2,1-4H3,(H,28,35)/t25-/m1/s1. The third-order valence-electron chi connectivity index (χ3n) is 6.11. The summed E-state index contributed by atoms with van der Waals surface area (Å²) >= 11 is 0. The molecule has 0 amide bonds. The molecular formula is C27H32N6O3. The van der Waals surface area contributed by atoms with Crippen molar-refractivity contribution in [2.75, 3.05) is 6.61 Å². The van der Waals surface area contributed by atoms with E-state index >= 15 is 0 Å². The van der Waals surface area contributed by atoms with Gasteiger partial charge in [-0.2, -0.15) is 0 Å². The fourth-order valence-electron chi connectivity index (χ4n) is 4.51. The van der Waals surface area contributed by atoms with Gasteiger partial charge in [-0.3, -0.25) is 14.5 Å². The highest BCUT2D eigenvalue weighted by Crippen LogP contribution is 2.30. The number of aromatic amines is 1. The molecule has 0 saturated heterocycles. The molecular weight excluding hydrogens is 456 g/mol. The van der Waals surface area contributed by atoms with Gasteiger partial charge in [0.25, 0.3) is 5.56 Å². The van der Waals surface area contributed by atoms with Gasteiger partial charge in [0.15, 0.2) is 5.82 Å². The highest BCUT2D eigenvalue weighted by Gasteiger charge is 2.30. The van der Waals surface area contributed by atoms with E-state index in [-0.39, 0.29) is 30.7 Å². The van der Waals surface area contributed by atoms with Crippen LogP contribution in [0.5, 0.6) is 0 Å². The van der Waals surface area contributed by atoms with Crippen LogP contribution < -0.4 is 5.56 Å². The number of aromatic nitrogens is 5. The van der Waals surface area contributed by atoms with E-state index in [2.05, 4.69) is 51.4 Å². The number of carbonyl (C=O) groups excluding carboxylic acids is 1. The van der Waals surface area contributed by atoms with Gasteiger partial charge in [-0.1, -0.05) is 56.3 Å². The lowest BCUT2D eigenvalue weighted by molar-refractivity contribution is -0.144. The van der Waals surface area contributed by atoms with Crippen LogP contribution in [0.25, 0.3) is 10.9 Å². The fraction of sp³-hybridized carbons (Fsp3) is 0.370. The number of carbonyl (C=O) groups is 1. The fourth-order valence-corrected chi connectivity index (χ4v) is 4.51. The van der Waals surface area contributed by atoms with Crippen LogP contribution in [-0.2, 0) is 29.2 Å². The van der Waals surface area contributed by atoms with E-state index in [1.54, 1.807) is 6.92 Å².